The molecule has 0 saturated carbocycles. The monoisotopic (exact) mass is 650 g/mol. The van der Waals surface area contributed by atoms with Crippen LogP contribution in [0.2, 0.25) is 0 Å². The van der Waals surface area contributed by atoms with Crippen molar-refractivity contribution in [3.8, 4) is 17.2 Å². The topological polar surface area (TPSA) is 27.7 Å². The summed E-state index contributed by atoms with van der Waals surface area (Å²) >= 11 is 0. The van der Waals surface area contributed by atoms with Gasteiger partial charge in [0.25, 0.3) is 0 Å². The van der Waals surface area contributed by atoms with Gasteiger partial charge in [0.1, 0.15) is 0 Å². The molecule has 0 unspecified atom stereocenters. The van der Waals surface area contributed by atoms with Gasteiger partial charge in [0.05, 0.1) is 21.3 Å². The molecule has 260 valence electrons. The summed E-state index contributed by atoms with van der Waals surface area (Å²) in [7, 11) is 4.81. The highest BCUT2D eigenvalue weighted by atomic mass is 16.5. The minimum absolute atomic E-state index is 0.635. The van der Waals surface area contributed by atoms with Crippen LogP contribution in [0.1, 0.15) is 72.6 Å². The summed E-state index contributed by atoms with van der Waals surface area (Å²) in [4.78, 5) is 0. The van der Waals surface area contributed by atoms with Gasteiger partial charge in [-0.05, 0) is 71.2 Å². The van der Waals surface area contributed by atoms with Crippen LogP contribution in [0.5, 0.6) is 17.2 Å². The SMILES string of the molecule is CCCC.CCc1ccccc1.COc1cc(C)cc(OC)c1OC.Cc1ccc(C)cc1.Cc1ccc(C)cc1.Cc1ccccc1. The van der Waals surface area contributed by atoms with Gasteiger partial charge in [0, 0.05) is 0 Å². The lowest BCUT2D eigenvalue weighted by atomic mass is 10.2. The van der Waals surface area contributed by atoms with E-state index < -0.39 is 0 Å². The van der Waals surface area contributed by atoms with E-state index in [1.807, 2.05) is 43.3 Å². The Morgan fingerprint density at radius 3 is 0.896 bits per heavy atom. The summed E-state index contributed by atoms with van der Waals surface area (Å²) in [6.45, 7) is 19.0. The summed E-state index contributed by atoms with van der Waals surface area (Å²) in [6, 6.07) is 41.5. The largest absolute Gasteiger partial charge is 0.493 e. The molecule has 0 atom stereocenters. The third-order valence-electron chi connectivity index (χ3n) is 6.94. The second-order valence-corrected chi connectivity index (χ2v) is 11.5. The molecule has 5 rings (SSSR count). The Morgan fingerprint density at radius 1 is 0.375 bits per heavy atom. The lowest BCUT2D eigenvalue weighted by Gasteiger charge is -2.12. The number of aryl methyl sites for hydroxylation is 7. The molecule has 0 N–H and O–H groups in total. The summed E-state index contributed by atoms with van der Waals surface area (Å²) in [5.74, 6) is 2.02. The van der Waals surface area contributed by atoms with E-state index in [0.717, 1.165) is 12.0 Å². The van der Waals surface area contributed by atoms with Crippen LogP contribution in [0.4, 0.5) is 0 Å². The molecule has 0 saturated heterocycles. The van der Waals surface area contributed by atoms with Gasteiger partial charge in [-0.3, -0.25) is 0 Å². The highest BCUT2D eigenvalue weighted by Crippen LogP contribution is 2.37. The molecule has 0 aliphatic heterocycles. The number of hydrogen-bond acceptors (Lipinski definition) is 3. The number of ether oxygens (including phenoxy) is 3. The van der Waals surface area contributed by atoms with Crippen molar-refractivity contribution in [2.75, 3.05) is 21.3 Å². The van der Waals surface area contributed by atoms with Crippen molar-refractivity contribution in [1.82, 2.24) is 0 Å². The molecule has 0 radical (unpaired) electrons. The van der Waals surface area contributed by atoms with Gasteiger partial charge >= 0.3 is 0 Å². The van der Waals surface area contributed by atoms with E-state index in [1.54, 1.807) is 21.3 Å². The van der Waals surface area contributed by atoms with Gasteiger partial charge in [-0.25, -0.2) is 0 Å². The summed E-state index contributed by atoms with van der Waals surface area (Å²) in [6.07, 6.45) is 3.78. The maximum atomic E-state index is 5.16. The Hall–Kier alpha value is -4.50. The van der Waals surface area contributed by atoms with Crippen molar-refractivity contribution < 1.29 is 14.2 Å². The molecule has 5 aromatic rings. The van der Waals surface area contributed by atoms with E-state index in [9.17, 15) is 0 Å². The Labute approximate surface area is 294 Å². The van der Waals surface area contributed by atoms with E-state index in [4.69, 9.17) is 14.2 Å². The fourth-order valence-electron chi connectivity index (χ4n) is 3.73. The first kappa shape index (κ1) is 43.5. The molecule has 48 heavy (non-hydrogen) atoms. The Kier molecular flexibility index (Phi) is 25.0. The van der Waals surface area contributed by atoms with E-state index in [0.29, 0.717) is 17.2 Å². The molecule has 0 aromatic heterocycles. The third-order valence-corrected chi connectivity index (χ3v) is 6.94. The summed E-state index contributed by atoms with van der Waals surface area (Å²) in [5.41, 5.74) is 9.13. The van der Waals surface area contributed by atoms with Gasteiger partial charge in [0.15, 0.2) is 11.5 Å². The van der Waals surface area contributed by atoms with E-state index >= 15 is 0 Å². The first-order valence-corrected chi connectivity index (χ1v) is 16.9. The number of hydrogen-bond donors (Lipinski definition) is 0. The summed E-state index contributed by atoms with van der Waals surface area (Å²) in [5, 5.41) is 0. The van der Waals surface area contributed by atoms with Crippen molar-refractivity contribution in [3.05, 3.63) is 160 Å². The minimum Gasteiger partial charge on any atom is -0.493 e. The molecule has 3 nitrogen and oxygen atoms in total. The zero-order valence-electron chi connectivity index (χ0n) is 31.9. The number of benzene rings is 5. The molecular weight excluding hydrogens is 588 g/mol. The first-order chi connectivity index (χ1) is 23.0. The molecule has 3 heteroatoms. The quantitative estimate of drug-likeness (QED) is 0.189. The highest BCUT2D eigenvalue weighted by Gasteiger charge is 2.10. The van der Waals surface area contributed by atoms with Crippen molar-refractivity contribution in [1.29, 1.82) is 0 Å². The number of rotatable bonds is 5. The molecule has 5 aromatic carbocycles. The average molecular weight is 651 g/mol. The van der Waals surface area contributed by atoms with Crippen molar-refractivity contribution in [2.45, 2.75) is 81.6 Å². The summed E-state index contributed by atoms with van der Waals surface area (Å²) < 4.78 is 15.5. The van der Waals surface area contributed by atoms with Gasteiger partial charge in [-0.15, -0.1) is 0 Å². The lowest BCUT2D eigenvalue weighted by molar-refractivity contribution is 0.324. The standard InChI is InChI=1S/C10H14O3.3C8H10.C7H8.C4H10/c1-7-5-8(11-2)10(13-4)9(6-7)12-3;2*1-7-3-5-8(2)6-4-7;1-2-8-6-4-3-5-7-8;1-7-5-3-2-4-6-7;1-3-4-2/h5-6H,1-4H3;2*3-6H,1-2H3;3-7H,2H2,1H3;2-6H,1H3;3-4H2,1-2H3. The average Bonchev–Trinajstić information content (AvgIpc) is 3.12. The molecule has 0 amide bonds. The maximum Gasteiger partial charge on any atom is 0.203 e. The van der Waals surface area contributed by atoms with Crippen molar-refractivity contribution >= 4 is 0 Å². The van der Waals surface area contributed by atoms with E-state index in [2.05, 4.69) is 140 Å². The van der Waals surface area contributed by atoms with Crippen LogP contribution in [-0.4, -0.2) is 21.3 Å². The molecule has 0 heterocycles. The fraction of sp³-hybridized carbons (Fsp3) is 0.333. The van der Waals surface area contributed by atoms with Crippen LogP contribution in [0.25, 0.3) is 0 Å². The molecule has 0 aliphatic carbocycles. The van der Waals surface area contributed by atoms with Gasteiger partial charge in [-0.1, -0.05) is 171 Å². The van der Waals surface area contributed by atoms with Gasteiger partial charge in [-0.2, -0.15) is 0 Å². The lowest BCUT2D eigenvalue weighted by Crippen LogP contribution is -1.95. The number of unbranched alkanes of at least 4 members (excludes halogenated alkanes) is 1. The Bertz CT molecular complexity index is 1330. The first-order valence-electron chi connectivity index (χ1n) is 16.9. The minimum atomic E-state index is 0.635. The Morgan fingerprint density at radius 2 is 0.688 bits per heavy atom. The Balaban J connectivity index is 0.000000569. The molecule has 0 spiro atoms. The van der Waals surface area contributed by atoms with E-state index in [1.165, 1.54) is 46.2 Å². The van der Waals surface area contributed by atoms with Crippen LogP contribution in [0, 0.1) is 41.5 Å². The number of methoxy groups -OCH3 is 3. The molecule has 0 aliphatic rings. The second kappa shape index (κ2) is 27.6. The third kappa shape index (κ3) is 21.3. The second-order valence-electron chi connectivity index (χ2n) is 11.5. The van der Waals surface area contributed by atoms with Crippen molar-refractivity contribution in [3.63, 3.8) is 0 Å². The van der Waals surface area contributed by atoms with Crippen LogP contribution >= 0.6 is 0 Å². The fourth-order valence-corrected chi connectivity index (χ4v) is 3.73. The van der Waals surface area contributed by atoms with Crippen molar-refractivity contribution in [2.24, 2.45) is 0 Å². The van der Waals surface area contributed by atoms with Crippen LogP contribution in [0.3, 0.4) is 0 Å². The predicted octanol–water partition coefficient (Wildman–Crippen LogP) is 12.7. The van der Waals surface area contributed by atoms with Crippen LogP contribution in [-0.2, 0) is 6.42 Å². The van der Waals surface area contributed by atoms with Gasteiger partial charge in [0.2, 0.25) is 5.75 Å². The van der Waals surface area contributed by atoms with Gasteiger partial charge < -0.3 is 14.2 Å². The van der Waals surface area contributed by atoms with Crippen LogP contribution in [0.15, 0.2) is 121 Å². The normalized spacial score (nSPS) is 9.08. The molecule has 0 bridgehead atoms. The smallest absolute Gasteiger partial charge is 0.203 e. The maximum absolute atomic E-state index is 5.16. The zero-order valence-corrected chi connectivity index (χ0v) is 31.9. The highest BCUT2D eigenvalue weighted by molar-refractivity contribution is 5.53. The van der Waals surface area contributed by atoms with Crippen LogP contribution < -0.4 is 14.2 Å². The molecule has 0 fully saturated rings. The zero-order chi connectivity index (χ0) is 36.2. The van der Waals surface area contributed by atoms with E-state index in [-0.39, 0.29) is 0 Å². The predicted molar refractivity (Wildman–Crippen MR) is 210 cm³/mol. The molecular formula is C45H62O3.